The number of H-pyrrole nitrogens is 2. The van der Waals surface area contributed by atoms with Crippen LogP contribution in [-0.2, 0) is 4.79 Å². The molecule has 1 heterocycles. The third kappa shape index (κ3) is 8.69. The topological polar surface area (TPSA) is 143 Å². The third-order valence-corrected chi connectivity index (χ3v) is 2.99. The molecule has 1 aromatic rings. The molecule has 0 aliphatic heterocycles. The lowest BCUT2D eigenvalue weighted by Crippen LogP contribution is -2.40. The van der Waals surface area contributed by atoms with Gasteiger partial charge < -0.3 is 24.5 Å². The van der Waals surface area contributed by atoms with Crippen molar-refractivity contribution in [2.24, 2.45) is 0 Å². The maximum atomic E-state index is 10.4. The van der Waals surface area contributed by atoms with Gasteiger partial charge in [0.25, 0.3) is 5.56 Å². The number of aromatic amines is 2. The molecule has 0 bridgehead atoms. The van der Waals surface area contributed by atoms with Gasteiger partial charge in [-0.05, 0) is 6.92 Å². The van der Waals surface area contributed by atoms with Gasteiger partial charge in [-0.25, -0.2) is 4.79 Å². The molecular formula is C13H21N3O6. The van der Waals surface area contributed by atoms with E-state index < -0.39 is 28.9 Å². The summed E-state index contributed by atoms with van der Waals surface area (Å²) < 4.78 is 0.910. The lowest BCUT2D eigenvalue weighted by molar-refractivity contribution is -0.888. The van der Waals surface area contributed by atoms with E-state index in [0.717, 1.165) is 30.1 Å². The predicted octanol–water partition coefficient (Wildman–Crippen LogP) is -1.63. The standard InChI is InChI=1S/C8H17NO2.C5H4N2O4/c1-4-9(2,3)7-5-6-8(10)11;8-3-1-2(4(9)10)6-5(11)7-3/h4-7H2,1-3H3;1H,(H,9,10)(H2,6,7,8,11). The van der Waals surface area contributed by atoms with Gasteiger partial charge in [0.05, 0.1) is 45.3 Å². The summed E-state index contributed by atoms with van der Waals surface area (Å²) >= 11 is 0. The lowest BCUT2D eigenvalue weighted by Gasteiger charge is -2.27. The predicted molar refractivity (Wildman–Crippen MR) is 76.4 cm³/mol. The molecule has 0 unspecified atom stereocenters. The SMILES string of the molecule is CC[N+](C)(C)CCCC(=O)O.O=C([O-])c1cc(=O)[nH]c(=O)[nH]1. The summed E-state index contributed by atoms with van der Waals surface area (Å²) in [5.74, 6) is -2.28. The van der Waals surface area contributed by atoms with Gasteiger partial charge >= 0.3 is 11.7 Å². The van der Waals surface area contributed by atoms with Crippen LogP contribution < -0.4 is 16.4 Å². The minimum Gasteiger partial charge on any atom is -0.543 e. The number of hydrogen-bond acceptors (Lipinski definition) is 5. The number of nitrogens with zero attached hydrogens (tertiary/aromatic N) is 1. The normalized spacial score (nSPS) is 10.5. The van der Waals surface area contributed by atoms with Crippen LogP contribution in [0, 0.1) is 0 Å². The van der Waals surface area contributed by atoms with E-state index in [2.05, 4.69) is 21.0 Å². The maximum absolute atomic E-state index is 10.4. The quantitative estimate of drug-likeness (QED) is 0.538. The Labute approximate surface area is 126 Å². The van der Waals surface area contributed by atoms with Crippen molar-refractivity contribution in [1.82, 2.24) is 9.97 Å². The summed E-state index contributed by atoms with van der Waals surface area (Å²) in [5.41, 5.74) is -2.16. The van der Waals surface area contributed by atoms with Crippen molar-refractivity contribution >= 4 is 11.9 Å². The number of aliphatic carboxylic acids is 1. The van der Waals surface area contributed by atoms with Crippen LogP contribution in [0.2, 0.25) is 0 Å². The number of aromatic nitrogens is 2. The van der Waals surface area contributed by atoms with Gasteiger partial charge in [0.15, 0.2) is 0 Å². The molecule has 9 nitrogen and oxygen atoms in total. The van der Waals surface area contributed by atoms with Gasteiger partial charge in [-0.3, -0.25) is 14.6 Å². The summed E-state index contributed by atoms with van der Waals surface area (Å²) in [5, 5.41) is 18.4. The van der Waals surface area contributed by atoms with Gasteiger partial charge in [-0.1, -0.05) is 0 Å². The molecule has 22 heavy (non-hydrogen) atoms. The molecule has 1 rings (SSSR count). The van der Waals surface area contributed by atoms with E-state index in [1.54, 1.807) is 0 Å². The highest BCUT2D eigenvalue weighted by molar-refractivity contribution is 5.82. The van der Waals surface area contributed by atoms with Gasteiger partial charge in [0.2, 0.25) is 0 Å². The minimum absolute atomic E-state index is 0.293. The monoisotopic (exact) mass is 315 g/mol. The van der Waals surface area contributed by atoms with Crippen molar-refractivity contribution in [3.8, 4) is 0 Å². The van der Waals surface area contributed by atoms with E-state index >= 15 is 0 Å². The zero-order valence-electron chi connectivity index (χ0n) is 12.8. The van der Waals surface area contributed by atoms with Crippen molar-refractivity contribution in [2.45, 2.75) is 19.8 Å². The molecule has 1 aromatic heterocycles. The second-order valence-electron chi connectivity index (χ2n) is 5.26. The summed E-state index contributed by atoms with van der Waals surface area (Å²) in [4.78, 5) is 44.8. The Balaban J connectivity index is 0.000000401. The average Bonchev–Trinajstić information content (AvgIpc) is 2.37. The van der Waals surface area contributed by atoms with Gasteiger partial charge in [-0.2, -0.15) is 0 Å². The summed E-state index contributed by atoms with van der Waals surface area (Å²) in [6.07, 6.45) is 1.07. The molecule has 0 saturated heterocycles. The highest BCUT2D eigenvalue weighted by Crippen LogP contribution is 2.00. The zero-order valence-corrected chi connectivity index (χ0v) is 12.8. The Morgan fingerprint density at radius 2 is 1.86 bits per heavy atom. The van der Waals surface area contributed by atoms with Crippen LogP contribution in [0.15, 0.2) is 15.7 Å². The van der Waals surface area contributed by atoms with Crippen molar-refractivity contribution in [2.75, 3.05) is 27.2 Å². The first-order valence-corrected chi connectivity index (χ1v) is 6.66. The van der Waals surface area contributed by atoms with E-state index in [4.69, 9.17) is 5.11 Å². The van der Waals surface area contributed by atoms with E-state index in [0.29, 0.717) is 6.42 Å². The Morgan fingerprint density at radius 3 is 2.27 bits per heavy atom. The Hall–Kier alpha value is -2.42. The fourth-order valence-corrected chi connectivity index (χ4v) is 1.40. The second kappa shape index (κ2) is 8.78. The first-order valence-electron chi connectivity index (χ1n) is 6.66. The van der Waals surface area contributed by atoms with Crippen molar-refractivity contribution < 1.29 is 24.3 Å². The molecule has 0 spiro atoms. The molecule has 3 N–H and O–H groups in total. The van der Waals surface area contributed by atoms with E-state index in [1.807, 2.05) is 9.97 Å². The molecule has 0 amide bonds. The molecular weight excluding hydrogens is 294 g/mol. The lowest BCUT2D eigenvalue weighted by atomic mass is 10.3. The zero-order chi connectivity index (χ0) is 17.3. The molecule has 0 radical (unpaired) electrons. The number of carboxylic acids is 2. The Bertz CT molecular complexity index is 588. The first kappa shape index (κ1) is 19.6. The molecule has 124 valence electrons. The van der Waals surface area contributed by atoms with Crippen LogP contribution in [0.4, 0.5) is 0 Å². The molecule has 0 aromatic carbocycles. The van der Waals surface area contributed by atoms with Crippen LogP contribution >= 0.6 is 0 Å². The van der Waals surface area contributed by atoms with Gasteiger partial charge in [-0.15, -0.1) is 0 Å². The van der Waals surface area contributed by atoms with Crippen molar-refractivity contribution in [3.05, 3.63) is 32.6 Å². The summed E-state index contributed by atoms with van der Waals surface area (Å²) in [7, 11) is 4.23. The third-order valence-electron chi connectivity index (χ3n) is 2.99. The van der Waals surface area contributed by atoms with Crippen LogP contribution in [0.1, 0.15) is 30.3 Å². The Kier molecular flexibility index (Phi) is 7.81. The van der Waals surface area contributed by atoms with Crippen LogP contribution in [0.25, 0.3) is 0 Å². The maximum Gasteiger partial charge on any atom is 0.326 e. The Morgan fingerprint density at radius 1 is 1.27 bits per heavy atom. The number of hydrogen-bond donors (Lipinski definition) is 3. The van der Waals surface area contributed by atoms with Crippen molar-refractivity contribution in [3.63, 3.8) is 0 Å². The summed E-state index contributed by atoms with van der Waals surface area (Å²) in [6.45, 7) is 4.11. The first-order chi connectivity index (χ1) is 10.1. The number of carbonyl (C=O) groups excluding carboxylic acids is 1. The molecule has 0 aliphatic rings. The summed E-state index contributed by atoms with van der Waals surface area (Å²) in [6, 6.07) is 0.733. The number of carboxylic acid groups (broad SMARTS) is 2. The van der Waals surface area contributed by atoms with E-state index in [9.17, 15) is 24.3 Å². The minimum atomic E-state index is -1.59. The molecule has 9 heteroatoms. The van der Waals surface area contributed by atoms with E-state index in [-0.39, 0.29) is 0 Å². The van der Waals surface area contributed by atoms with Gasteiger partial charge in [0, 0.05) is 12.5 Å². The number of aromatic carboxylic acids is 1. The number of nitrogens with one attached hydrogen (secondary N) is 2. The number of rotatable bonds is 6. The number of quaternary nitrogens is 1. The van der Waals surface area contributed by atoms with Crippen molar-refractivity contribution in [1.29, 1.82) is 0 Å². The fraction of sp³-hybridized carbons (Fsp3) is 0.538. The average molecular weight is 315 g/mol. The molecule has 0 saturated carbocycles. The van der Waals surface area contributed by atoms with E-state index in [1.165, 1.54) is 0 Å². The molecule has 0 atom stereocenters. The van der Waals surface area contributed by atoms with Crippen LogP contribution in [-0.4, -0.2) is 58.7 Å². The largest absolute Gasteiger partial charge is 0.543 e. The highest BCUT2D eigenvalue weighted by atomic mass is 16.4. The van der Waals surface area contributed by atoms with Crippen LogP contribution in [0.3, 0.4) is 0 Å². The molecule has 0 fully saturated rings. The smallest absolute Gasteiger partial charge is 0.326 e. The fourth-order valence-electron chi connectivity index (χ4n) is 1.40. The second-order valence-corrected chi connectivity index (χ2v) is 5.26. The van der Waals surface area contributed by atoms with Crippen LogP contribution in [0.5, 0.6) is 0 Å². The highest BCUT2D eigenvalue weighted by Gasteiger charge is 2.11. The molecule has 0 aliphatic carbocycles. The van der Waals surface area contributed by atoms with Gasteiger partial charge in [0.1, 0.15) is 0 Å². The number of carbonyl (C=O) groups is 2.